The van der Waals surface area contributed by atoms with Gasteiger partial charge in [-0.3, -0.25) is 9.69 Å². The molecular weight excluding hydrogens is 270 g/mol. The largest absolute Gasteiger partial charge is 0.395 e. The number of amides is 1. The fourth-order valence-electron chi connectivity index (χ4n) is 2.13. The van der Waals surface area contributed by atoms with Crippen molar-refractivity contribution >= 4 is 11.6 Å². The monoisotopic (exact) mass is 291 g/mol. The maximum absolute atomic E-state index is 11.9. The molecule has 0 radical (unpaired) electrons. The summed E-state index contributed by atoms with van der Waals surface area (Å²) >= 11 is 0. The molecule has 2 aromatic heterocycles. The SMILES string of the molecule is CCN(CC)Cc1cnc2c(C(=O)NCCO)cnn2c1. The quantitative estimate of drug-likeness (QED) is 0.766. The number of nitrogens with one attached hydrogen (secondary N) is 1. The number of nitrogens with zero attached hydrogens (tertiary/aromatic N) is 4. The van der Waals surface area contributed by atoms with Gasteiger partial charge in [-0.1, -0.05) is 13.8 Å². The van der Waals surface area contributed by atoms with E-state index >= 15 is 0 Å². The first-order chi connectivity index (χ1) is 10.2. The van der Waals surface area contributed by atoms with Crippen LogP contribution in [0.1, 0.15) is 29.8 Å². The van der Waals surface area contributed by atoms with E-state index in [1.165, 1.54) is 6.20 Å². The van der Waals surface area contributed by atoms with Gasteiger partial charge < -0.3 is 10.4 Å². The molecular formula is C14H21N5O2. The lowest BCUT2D eigenvalue weighted by atomic mass is 10.3. The molecule has 7 heteroatoms. The standard InChI is InChI=1S/C14H21N5O2/c1-3-18(4-2)9-11-7-16-13-12(8-17-19(13)10-11)14(21)15-5-6-20/h7-8,10,20H,3-6,9H2,1-2H3,(H,15,21). The van der Waals surface area contributed by atoms with Crippen molar-refractivity contribution in [3.8, 4) is 0 Å². The molecule has 0 aliphatic heterocycles. The molecule has 0 aliphatic rings. The highest BCUT2D eigenvalue weighted by molar-refractivity contribution is 5.99. The molecule has 0 spiro atoms. The number of hydrogen-bond donors (Lipinski definition) is 2. The highest BCUT2D eigenvalue weighted by Gasteiger charge is 2.14. The number of aromatic nitrogens is 3. The third-order valence-electron chi connectivity index (χ3n) is 3.35. The minimum atomic E-state index is -0.275. The van der Waals surface area contributed by atoms with Gasteiger partial charge in [-0.15, -0.1) is 0 Å². The molecule has 0 atom stereocenters. The van der Waals surface area contributed by atoms with Crippen LogP contribution in [0.25, 0.3) is 5.65 Å². The van der Waals surface area contributed by atoms with E-state index in [4.69, 9.17) is 5.11 Å². The zero-order valence-electron chi connectivity index (χ0n) is 12.4. The maximum Gasteiger partial charge on any atom is 0.256 e. The Labute approximate surface area is 123 Å². The summed E-state index contributed by atoms with van der Waals surface area (Å²) in [6.07, 6.45) is 5.16. The second kappa shape index (κ2) is 7.14. The van der Waals surface area contributed by atoms with E-state index in [0.717, 1.165) is 25.2 Å². The van der Waals surface area contributed by atoms with Crippen molar-refractivity contribution in [2.45, 2.75) is 20.4 Å². The Bertz CT molecular complexity index is 606. The van der Waals surface area contributed by atoms with Crippen molar-refractivity contribution in [3.63, 3.8) is 0 Å². The molecule has 0 bridgehead atoms. The molecule has 2 N–H and O–H groups in total. The van der Waals surface area contributed by atoms with E-state index in [9.17, 15) is 4.79 Å². The summed E-state index contributed by atoms with van der Waals surface area (Å²) < 4.78 is 1.62. The summed E-state index contributed by atoms with van der Waals surface area (Å²) in [5, 5.41) is 15.5. The Morgan fingerprint density at radius 1 is 1.38 bits per heavy atom. The van der Waals surface area contributed by atoms with Gasteiger partial charge in [0.25, 0.3) is 5.91 Å². The Morgan fingerprint density at radius 2 is 2.14 bits per heavy atom. The molecule has 1 amide bonds. The molecule has 2 aromatic rings. The number of aliphatic hydroxyl groups excluding tert-OH is 1. The lowest BCUT2D eigenvalue weighted by molar-refractivity contribution is 0.0946. The highest BCUT2D eigenvalue weighted by atomic mass is 16.3. The van der Waals surface area contributed by atoms with Crippen LogP contribution in [-0.4, -0.2) is 56.8 Å². The average molecular weight is 291 g/mol. The van der Waals surface area contributed by atoms with Crippen molar-refractivity contribution in [2.24, 2.45) is 0 Å². The summed E-state index contributed by atoms with van der Waals surface area (Å²) in [4.78, 5) is 18.5. The van der Waals surface area contributed by atoms with Crippen LogP contribution in [0.5, 0.6) is 0 Å². The highest BCUT2D eigenvalue weighted by Crippen LogP contribution is 2.10. The van der Waals surface area contributed by atoms with E-state index in [0.29, 0.717) is 11.2 Å². The third-order valence-corrected chi connectivity index (χ3v) is 3.35. The molecule has 0 aliphatic carbocycles. The molecule has 2 heterocycles. The van der Waals surface area contributed by atoms with E-state index in [2.05, 4.69) is 34.1 Å². The van der Waals surface area contributed by atoms with Gasteiger partial charge in [-0.2, -0.15) is 5.10 Å². The van der Waals surface area contributed by atoms with Crippen molar-refractivity contribution in [1.29, 1.82) is 0 Å². The zero-order chi connectivity index (χ0) is 15.2. The predicted molar refractivity (Wildman–Crippen MR) is 79.0 cm³/mol. The Morgan fingerprint density at radius 3 is 2.81 bits per heavy atom. The van der Waals surface area contributed by atoms with Crippen LogP contribution >= 0.6 is 0 Å². The third kappa shape index (κ3) is 3.56. The van der Waals surface area contributed by atoms with Gasteiger partial charge in [0.2, 0.25) is 0 Å². The summed E-state index contributed by atoms with van der Waals surface area (Å²) in [6.45, 7) is 7.12. The summed E-state index contributed by atoms with van der Waals surface area (Å²) in [5.74, 6) is -0.275. The normalized spacial score (nSPS) is 11.2. The fraction of sp³-hybridized carbons (Fsp3) is 0.500. The van der Waals surface area contributed by atoms with Crippen molar-refractivity contribution in [3.05, 3.63) is 29.7 Å². The van der Waals surface area contributed by atoms with Gasteiger partial charge in [0.05, 0.1) is 12.8 Å². The van der Waals surface area contributed by atoms with E-state index in [1.54, 1.807) is 10.7 Å². The number of rotatable bonds is 7. The van der Waals surface area contributed by atoms with Crippen LogP contribution in [0, 0.1) is 0 Å². The maximum atomic E-state index is 11.9. The minimum absolute atomic E-state index is 0.0909. The number of aliphatic hydroxyl groups is 1. The first-order valence-corrected chi connectivity index (χ1v) is 7.13. The Hall–Kier alpha value is -1.99. The molecule has 0 saturated heterocycles. The minimum Gasteiger partial charge on any atom is -0.395 e. The van der Waals surface area contributed by atoms with Crippen LogP contribution < -0.4 is 5.32 Å². The average Bonchev–Trinajstić information content (AvgIpc) is 2.93. The summed E-state index contributed by atoms with van der Waals surface area (Å²) in [5.41, 5.74) is 1.99. The molecule has 0 fully saturated rings. The van der Waals surface area contributed by atoms with Gasteiger partial charge >= 0.3 is 0 Å². The predicted octanol–water partition coefficient (Wildman–Crippen LogP) is 0.293. The van der Waals surface area contributed by atoms with Gasteiger partial charge in [0, 0.05) is 31.0 Å². The zero-order valence-corrected chi connectivity index (χ0v) is 12.4. The molecule has 0 saturated carbocycles. The van der Waals surface area contributed by atoms with Crippen LogP contribution in [-0.2, 0) is 6.54 Å². The second-order valence-electron chi connectivity index (χ2n) is 4.73. The molecule has 114 valence electrons. The van der Waals surface area contributed by atoms with Gasteiger partial charge in [0.15, 0.2) is 5.65 Å². The van der Waals surface area contributed by atoms with Gasteiger partial charge in [0.1, 0.15) is 5.56 Å². The number of carbonyl (C=O) groups is 1. The smallest absolute Gasteiger partial charge is 0.256 e. The van der Waals surface area contributed by atoms with Crippen LogP contribution in [0.2, 0.25) is 0 Å². The van der Waals surface area contributed by atoms with Crippen molar-refractivity contribution in [1.82, 2.24) is 24.8 Å². The van der Waals surface area contributed by atoms with E-state index in [-0.39, 0.29) is 19.1 Å². The molecule has 2 rings (SSSR count). The number of hydrogen-bond acceptors (Lipinski definition) is 5. The Kier molecular flexibility index (Phi) is 5.24. The van der Waals surface area contributed by atoms with Crippen molar-refractivity contribution in [2.75, 3.05) is 26.2 Å². The van der Waals surface area contributed by atoms with Crippen LogP contribution in [0.4, 0.5) is 0 Å². The first-order valence-electron chi connectivity index (χ1n) is 7.13. The first kappa shape index (κ1) is 15.4. The topological polar surface area (TPSA) is 82.8 Å². The number of carbonyl (C=O) groups excluding carboxylic acids is 1. The number of fused-ring (bicyclic) bond motifs is 1. The second-order valence-corrected chi connectivity index (χ2v) is 4.73. The summed E-state index contributed by atoms with van der Waals surface area (Å²) in [6, 6.07) is 0. The fourth-order valence-corrected chi connectivity index (χ4v) is 2.13. The van der Waals surface area contributed by atoms with E-state index in [1.807, 2.05) is 6.20 Å². The molecule has 0 unspecified atom stereocenters. The van der Waals surface area contributed by atoms with E-state index < -0.39 is 0 Å². The Balaban J connectivity index is 2.20. The lowest BCUT2D eigenvalue weighted by Crippen LogP contribution is -2.26. The van der Waals surface area contributed by atoms with Crippen LogP contribution in [0.15, 0.2) is 18.6 Å². The van der Waals surface area contributed by atoms with Crippen LogP contribution in [0.3, 0.4) is 0 Å². The summed E-state index contributed by atoms with van der Waals surface area (Å²) in [7, 11) is 0. The van der Waals surface area contributed by atoms with Gasteiger partial charge in [-0.25, -0.2) is 9.50 Å². The molecule has 0 aromatic carbocycles. The van der Waals surface area contributed by atoms with Gasteiger partial charge in [-0.05, 0) is 13.1 Å². The lowest BCUT2D eigenvalue weighted by Gasteiger charge is -2.17. The molecule has 7 nitrogen and oxygen atoms in total. The van der Waals surface area contributed by atoms with Crippen molar-refractivity contribution < 1.29 is 9.90 Å². The molecule has 21 heavy (non-hydrogen) atoms.